The molecule has 1 fully saturated rings. The molecule has 98 valence electrons. The lowest BCUT2D eigenvalue weighted by molar-refractivity contribution is -0.116. The molecule has 2 rings (SSSR count). The topological polar surface area (TPSA) is 54.0 Å². The number of carbonyl (C=O) groups excluding carboxylic acids is 1. The van der Waals surface area contributed by atoms with Gasteiger partial charge in [0.1, 0.15) is 5.82 Å². The summed E-state index contributed by atoms with van der Waals surface area (Å²) in [5, 5.41) is 6.15. The van der Waals surface area contributed by atoms with Crippen molar-refractivity contribution in [3.05, 3.63) is 18.3 Å². The molecule has 1 aromatic heterocycles. The highest BCUT2D eigenvalue weighted by atomic mass is 32.2. The second kappa shape index (κ2) is 6.75. The first kappa shape index (κ1) is 13.4. The van der Waals surface area contributed by atoms with Gasteiger partial charge in [0, 0.05) is 17.5 Å². The van der Waals surface area contributed by atoms with Crippen LogP contribution in [-0.4, -0.2) is 30.2 Å². The summed E-state index contributed by atoms with van der Waals surface area (Å²) in [6.07, 6.45) is 6.51. The molecule has 2 heterocycles. The fraction of sp³-hybridized carbons (Fsp3) is 0.538. The molecule has 4 nitrogen and oxygen atoms in total. The standard InChI is InChI=1S/C13H19N3OS/c1-18-11-3-4-12(15-9-11)16-13(17)5-2-10-6-7-14-8-10/h3-4,9-10,14H,2,5-8H2,1H3,(H,15,16,17). The van der Waals surface area contributed by atoms with Crippen LogP contribution in [0.25, 0.3) is 0 Å². The number of anilines is 1. The van der Waals surface area contributed by atoms with E-state index in [0.717, 1.165) is 24.4 Å². The number of pyridine rings is 1. The molecular formula is C13H19N3OS. The van der Waals surface area contributed by atoms with Crippen LogP contribution in [0.1, 0.15) is 19.3 Å². The van der Waals surface area contributed by atoms with E-state index in [1.165, 1.54) is 6.42 Å². The molecule has 1 aliphatic heterocycles. The Kier molecular flexibility index (Phi) is 5.01. The average Bonchev–Trinajstić information content (AvgIpc) is 2.90. The number of carbonyl (C=O) groups is 1. The molecule has 1 aliphatic rings. The van der Waals surface area contributed by atoms with Crippen molar-refractivity contribution in [1.29, 1.82) is 0 Å². The minimum atomic E-state index is 0.0614. The second-order valence-electron chi connectivity index (χ2n) is 4.53. The van der Waals surface area contributed by atoms with Gasteiger partial charge in [0.15, 0.2) is 0 Å². The van der Waals surface area contributed by atoms with Gasteiger partial charge >= 0.3 is 0 Å². The number of nitrogens with zero attached hydrogens (tertiary/aromatic N) is 1. The Morgan fingerprint density at radius 1 is 1.61 bits per heavy atom. The van der Waals surface area contributed by atoms with Gasteiger partial charge in [-0.15, -0.1) is 11.8 Å². The van der Waals surface area contributed by atoms with Gasteiger partial charge in [-0.05, 0) is 50.2 Å². The molecule has 0 saturated carbocycles. The Morgan fingerprint density at radius 3 is 3.11 bits per heavy atom. The molecule has 18 heavy (non-hydrogen) atoms. The first-order valence-electron chi connectivity index (χ1n) is 6.28. The smallest absolute Gasteiger partial charge is 0.225 e. The second-order valence-corrected chi connectivity index (χ2v) is 5.41. The Hall–Kier alpha value is -1.07. The minimum absolute atomic E-state index is 0.0614. The van der Waals surface area contributed by atoms with E-state index in [1.807, 2.05) is 18.4 Å². The summed E-state index contributed by atoms with van der Waals surface area (Å²) in [5.41, 5.74) is 0. The summed E-state index contributed by atoms with van der Waals surface area (Å²) >= 11 is 1.64. The molecule has 0 spiro atoms. The maximum atomic E-state index is 11.7. The molecule has 0 radical (unpaired) electrons. The van der Waals surface area contributed by atoms with Crippen LogP contribution in [0.3, 0.4) is 0 Å². The number of hydrogen-bond donors (Lipinski definition) is 2. The quantitative estimate of drug-likeness (QED) is 0.801. The van der Waals surface area contributed by atoms with E-state index in [0.29, 0.717) is 18.2 Å². The molecule has 0 aromatic carbocycles. The summed E-state index contributed by atoms with van der Waals surface area (Å²) in [6, 6.07) is 3.81. The van der Waals surface area contributed by atoms with Crippen LogP contribution >= 0.6 is 11.8 Å². The SMILES string of the molecule is CSc1ccc(NC(=O)CCC2CCNC2)nc1. The van der Waals surface area contributed by atoms with Crippen LogP contribution in [0.5, 0.6) is 0 Å². The molecular weight excluding hydrogens is 246 g/mol. The third kappa shape index (κ3) is 3.99. The number of thioether (sulfide) groups is 1. The number of hydrogen-bond acceptors (Lipinski definition) is 4. The van der Waals surface area contributed by atoms with Crippen LogP contribution in [-0.2, 0) is 4.79 Å². The van der Waals surface area contributed by atoms with Gasteiger partial charge in [-0.3, -0.25) is 4.79 Å². The van der Waals surface area contributed by atoms with E-state index in [-0.39, 0.29) is 5.91 Å². The van der Waals surface area contributed by atoms with E-state index in [2.05, 4.69) is 15.6 Å². The van der Waals surface area contributed by atoms with Crippen LogP contribution in [0.2, 0.25) is 0 Å². The van der Waals surface area contributed by atoms with E-state index >= 15 is 0 Å². The molecule has 2 N–H and O–H groups in total. The Labute approximate surface area is 112 Å². The molecule has 1 atom stereocenters. The number of amides is 1. The molecule has 1 aromatic rings. The molecule has 0 aliphatic carbocycles. The highest BCUT2D eigenvalue weighted by Crippen LogP contribution is 2.16. The Bertz CT molecular complexity index is 388. The molecule has 5 heteroatoms. The van der Waals surface area contributed by atoms with E-state index in [4.69, 9.17) is 0 Å². The van der Waals surface area contributed by atoms with Crippen molar-refractivity contribution >= 4 is 23.5 Å². The van der Waals surface area contributed by atoms with Gasteiger partial charge in [0.25, 0.3) is 0 Å². The zero-order valence-corrected chi connectivity index (χ0v) is 11.4. The van der Waals surface area contributed by atoms with Gasteiger partial charge in [-0.1, -0.05) is 0 Å². The highest BCUT2D eigenvalue weighted by Gasteiger charge is 2.15. The van der Waals surface area contributed by atoms with Crippen LogP contribution in [0.15, 0.2) is 23.2 Å². The molecule has 0 bridgehead atoms. The third-order valence-corrected chi connectivity index (χ3v) is 3.89. The normalized spacial score (nSPS) is 18.8. The lowest BCUT2D eigenvalue weighted by Gasteiger charge is -2.08. The molecule has 1 unspecified atom stereocenters. The van der Waals surface area contributed by atoms with Crippen molar-refractivity contribution in [2.24, 2.45) is 5.92 Å². The number of nitrogens with one attached hydrogen (secondary N) is 2. The van der Waals surface area contributed by atoms with Crippen molar-refractivity contribution in [2.75, 3.05) is 24.7 Å². The fourth-order valence-electron chi connectivity index (χ4n) is 2.08. The van der Waals surface area contributed by atoms with Gasteiger partial charge in [-0.2, -0.15) is 0 Å². The first-order valence-corrected chi connectivity index (χ1v) is 7.51. The van der Waals surface area contributed by atoms with E-state index < -0.39 is 0 Å². The lowest BCUT2D eigenvalue weighted by atomic mass is 10.0. The van der Waals surface area contributed by atoms with Crippen molar-refractivity contribution in [2.45, 2.75) is 24.2 Å². The summed E-state index contributed by atoms with van der Waals surface area (Å²) < 4.78 is 0. The van der Waals surface area contributed by atoms with Gasteiger partial charge in [-0.25, -0.2) is 4.98 Å². The Morgan fingerprint density at radius 2 is 2.50 bits per heavy atom. The summed E-state index contributed by atoms with van der Waals surface area (Å²) in [6.45, 7) is 2.14. The van der Waals surface area contributed by atoms with Crippen LogP contribution in [0.4, 0.5) is 5.82 Å². The van der Waals surface area contributed by atoms with Crippen molar-refractivity contribution in [1.82, 2.24) is 10.3 Å². The van der Waals surface area contributed by atoms with Crippen LogP contribution in [0, 0.1) is 5.92 Å². The monoisotopic (exact) mass is 265 g/mol. The summed E-state index contributed by atoms with van der Waals surface area (Å²) in [7, 11) is 0. The highest BCUT2D eigenvalue weighted by molar-refractivity contribution is 7.98. The predicted molar refractivity (Wildman–Crippen MR) is 74.9 cm³/mol. The van der Waals surface area contributed by atoms with Gasteiger partial charge < -0.3 is 10.6 Å². The van der Waals surface area contributed by atoms with E-state index in [1.54, 1.807) is 18.0 Å². The average molecular weight is 265 g/mol. The Balaban J connectivity index is 1.75. The predicted octanol–water partition coefficient (Wildman–Crippen LogP) is 2.13. The number of rotatable bonds is 5. The van der Waals surface area contributed by atoms with E-state index in [9.17, 15) is 4.79 Å². The van der Waals surface area contributed by atoms with Gasteiger partial charge in [0.2, 0.25) is 5.91 Å². The third-order valence-electron chi connectivity index (χ3n) is 3.18. The summed E-state index contributed by atoms with van der Waals surface area (Å²) in [5.74, 6) is 1.36. The molecule has 1 saturated heterocycles. The minimum Gasteiger partial charge on any atom is -0.316 e. The summed E-state index contributed by atoms with van der Waals surface area (Å²) in [4.78, 5) is 17.1. The maximum Gasteiger partial charge on any atom is 0.225 e. The lowest BCUT2D eigenvalue weighted by Crippen LogP contribution is -2.15. The fourth-order valence-corrected chi connectivity index (χ4v) is 2.44. The van der Waals surface area contributed by atoms with Crippen molar-refractivity contribution in [3.8, 4) is 0 Å². The first-order chi connectivity index (χ1) is 8.78. The van der Waals surface area contributed by atoms with Crippen LogP contribution < -0.4 is 10.6 Å². The zero-order chi connectivity index (χ0) is 12.8. The molecule has 1 amide bonds. The van der Waals surface area contributed by atoms with Gasteiger partial charge in [0.05, 0.1) is 0 Å². The maximum absolute atomic E-state index is 11.7. The van der Waals surface area contributed by atoms with Crippen molar-refractivity contribution < 1.29 is 4.79 Å². The van der Waals surface area contributed by atoms with Crippen molar-refractivity contribution in [3.63, 3.8) is 0 Å². The largest absolute Gasteiger partial charge is 0.316 e. The zero-order valence-electron chi connectivity index (χ0n) is 10.6. The number of aromatic nitrogens is 1.